The summed E-state index contributed by atoms with van der Waals surface area (Å²) in [7, 11) is 0. The molecule has 0 bridgehead atoms. The van der Waals surface area contributed by atoms with Gasteiger partial charge in [-0.25, -0.2) is 0 Å². The van der Waals surface area contributed by atoms with Gasteiger partial charge in [-0.2, -0.15) is 5.26 Å². The lowest BCUT2D eigenvalue weighted by atomic mass is 9.80. The highest BCUT2D eigenvalue weighted by Crippen LogP contribution is 2.49. The van der Waals surface area contributed by atoms with Crippen LogP contribution in [0.25, 0.3) is 0 Å². The number of rotatable bonds is 1. The highest BCUT2D eigenvalue weighted by atomic mass is 16.5. The predicted molar refractivity (Wildman–Crippen MR) is 80.8 cm³/mol. The second kappa shape index (κ2) is 4.91. The number of nitrogens with zero attached hydrogens (tertiary/aromatic N) is 1. The zero-order valence-corrected chi connectivity index (χ0v) is 11.6. The zero-order chi connectivity index (χ0) is 14.2. The van der Waals surface area contributed by atoms with E-state index in [1.54, 1.807) is 0 Å². The van der Waals surface area contributed by atoms with Crippen molar-refractivity contribution < 1.29 is 4.74 Å². The van der Waals surface area contributed by atoms with Gasteiger partial charge >= 0.3 is 0 Å². The van der Waals surface area contributed by atoms with Crippen molar-refractivity contribution in [3.63, 3.8) is 0 Å². The van der Waals surface area contributed by atoms with Crippen LogP contribution in [0.2, 0.25) is 0 Å². The number of hydrogen-bond acceptors (Lipinski definition) is 3. The van der Waals surface area contributed by atoms with Gasteiger partial charge in [0, 0.05) is 23.8 Å². The summed E-state index contributed by atoms with van der Waals surface area (Å²) >= 11 is 0. The topological polar surface area (TPSA) is 45.0 Å². The van der Waals surface area contributed by atoms with Crippen LogP contribution in [0.15, 0.2) is 48.5 Å². The van der Waals surface area contributed by atoms with Crippen LogP contribution < -0.4 is 5.32 Å². The van der Waals surface area contributed by atoms with E-state index < -0.39 is 0 Å². The van der Waals surface area contributed by atoms with E-state index in [1.807, 2.05) is 24.3 Å². The summed E-state index contributed by atoms with van der Waals surface area (Å²) in [6.45, 7) is 0.788. The molecule has 2 aromatic carbocycles. The van der Waals surface area contributed by atoms with Gasteiger partial charge in [-0.3, -0.25) is 0 Å². The summed E-state index contributed by atoms with van der Waals surface area (Å²) in [4.78, 5) is 0. The van der Waals surface area contributed by atoms with E-state index >= 15 is 0 Å². The number of nitriles is 1. The summed E-state index contributed by atoms with van der Waals surface area (Å²) in [6.07, 6.45) is 1.15. The molecule has 2 heterocycles. The van der Waals surface area contributed by atoms with E-state index in [-0.39, 0.29) is 12.1 Å². The lowest BCUT2D eigenvalue weighted by Gasteiger charge is -2.36. The Bertz CT molecular complexity index is 705. The average molecular weight is 276 g/mol. The van der Waals surface area contributed by atoms with E-state index in [9.17, 15) is 0 Å². The molecule has 2 aromatic rings. The maximum absolute atomic E-state index is 9.10. The van der Waals surface area contributed by atoms with Gasteiger partial charge in [-0.05, 0) is 30.2 Å². The number of nitrogens with one attached hydrogen (secondary N) is 1. The first-order valence-corrected chi connectivity index (χ1v) is 7.34. The Morgan fingerprint density at radius 1 is 1.14 bits per heavy atom. The monoisotopic (exact) mass is 276 g/mol. The van der Waals surface area contributed by atoms with Gasteiger partial charge in [0.05, 0.1) is 23.8 Å². The molecular weight excluding hydrogens is 260 g/mol. The van der Waals surface area contributed by atoms with E-state index in [0.29, 0.717) is 11.5 Å². The van der Waals surface area contributed by atoms with Gasteiger partial charge < -0.3 is 10.1 Å². The smallest absolute Gasteiger partial charge is 0.0991 e. The third-order valence-electron chi connectivity index (χ3n) is 4.52. The molecule has 0 amide bonds. The van der Waals surface area contributed by atoms with Crippen molar-refractivity contribution >= 4 is 5.69 Å². The minimum atomic E-state index is 0.0970. The van der Waals surface area contributed by atoms with Crippen molar-refractivity contribution in [2.75, 3.05) is 11.9 Å². The Kier molecular flexibility index (Phi) is 2.90. The minimum Gasteiger partial charge on any atom is -0.378 e. The van der Waals surface area contributed by atoms with Crippen LogP contribution in [0.5, 0.6) is 0 Å². The molecule has 21 heavy (non-hydrogen) atoms. The summed E-state index contributed by atoms with van der Waals surface area (Å²) in [5, 5.41) is 12.7. The molecule has 1 saturated heterocycles. The van der Waals surface area contributed by atoms with E-state index in [1.165, 1.54) is 5.56 Å². The van der Waals surface area contributed by atoms with Gasteiger partial charge in [0.15, 0.2) is 0 Å². The van der Waals surface area contributed by atoms with Crippen molar-refractivity contribution in [1.82, 2.24) is 0 Å². The number of benzene rings is 2. The van der Waals surface area contributed by atoms with Crippen LogP contribution in [-0.4, -0.2) is 6.61 Å². The molecule has 4 rings (SSSR count). The Morgan fingerprint density at radius 3 is 2.81 bits per heavy atom. The summed E-state index contributed by atoms with van der Waals surface area (Å²) < 4.78 is 5.99. The molecule has 1 N–H and O–H groups in total. The van der Waals surface area contributed by atoms with Crippen LogP contribution >= 0.6 is 0 Å². The summed E-state index contributed by atoms with van der Waals surface area (Å²) in [6, 6.07) is 18.9. The largest absolute Gasteiger partial charge is 0.378 e. The molecule has 3 heteroatoms. The minimum absolute atomic E-state index is 0.0970. The molecule has 0 aromatic heterocycles. The maximum Gasteiger partial charge on any atom is 0.0991 e. The molecule has 2 aliphatic heterocycles. The number of fused-ring (bicyclic) bond motifs is 3. The van der Waals surface area contributed by atoms with Gasteiger partial charge in [-0.15, -0.1) is 0 Å². The van der Waals surface area contributed by atoms with E-state index in [0.717, 1.165) is 24.3 Å². The van der Waals surface area contributed by atoms with Crippen molar-refractivity contribution in [3.8, 4) is 6.07 Å². The highest BCUT2D eigenvalue weighted by Gasteiger charge is 2.41. The first kappa shape index (κ1) is 12.4. The average Bonchev–Trinajstić information content (AvgIpc) is 3.04. The SMILES string of the molecule is N#Cc1ccc2c(c1)[C@@H]1OCC[C@@H]1[C@@H](c1ccccc1)N2. The Morgan fingerprint density at radius 2 is 2.00 bits per heavy atom. The van der Waals surface area contributed by atoms with Crippen LogP contribution in [0, 0.1) is 17.2 Å². The molecule has 0 spiro atoms. The van der Waals surface area contributed by atoms with Gasteiger partial charge in [0.2, 0.25) is 0 Å². The van der Waals surface area contributed by atoms with Gasteiger partial charge in [0.25, 0.3) is 0 Å². The maximum atomic E-state index is 9.10. The first-order chi connectivity index (χ1) is 10.4. The second-order valence-corrected chi connectivity index (χ2v) is 5.69. The molecule has 0 unspecified atom stereocenters. The fraction of sp³-hybridized carbons (Fsp3) is 0.278. The summed E-state index contributed by atoms with van der Waals surface area (Å²) in [5.41, 5.74) is 4.21. The molecule has 1 fully saturated rings. The van der Waals surface area contributed by atoms with Crippen LogP contribution in [-0.2, 0) is 4.74 Å². The molecule has 0 aliphatic carbocycles. The van der Waals surface area contributed by atoms with Gasteiger partial charge in [-0.1, -0.05) is 30.3 Å². The molecule has 2 aliphatic rings. The Balaban J connectivity index is 1.79. The fourth-order valence-electron chi connectivity index (χ4n) is 3.53. The van der Waals surface area contributed by atoms with Crippen molar-refractivity contribution in [2.45, 2.75) is 18.6 Å². The lowest BCUT2D eigenvalue weighted by molar-refractivity contribution is 0.0829. The highest BCUT2D eigenvalue weighted by molar-refractivity contribution is 5.59. The van der Waals surface area contributed by atoms with Crippen molar-refractivity contribution in [2.24, 2.45) is 5.92 Å². The normalized spacial score (nSPS) is 26.3. The summed E-state index contributed by atoms with van der Waals surface area (Å²) in [5.74, 6) is 0.425. The lowest BCUT2D eigenvalue weighted by Crippen LogP contribution is -2.29. The van der Waals surface area contributed by atoms with Gasteiger partial charge in [0.1, 0.15) is 0 Å². The second-order valence-electron chi connectivity index (χ2n) is 5.69. The Labute approximate surface area is 124 Å². The van der Waals surface area contributed by atoms with Crippen LogP contribution in [0.1, 0.15) is 35.3 Å². The third-order valence-corrected chi connectivity index (χ3v) is 4.52. The predicted octanol–water partition coefficient (Wildman–Crippen LogP) is 3.80. The number of ether oxygens (including phenoxy) is 1. The molecule has 0 saturated carbocycles. The molecule has 3 nitrogen and oxygen atoms in total. The quantitative estimate of drug-likeness (QED) is 0.861. The third kappa shape index (κ3) is 2.00. The van der Waals surface area contributed by atoms with Crippen LogP contribution in [0.3, 0.4) is 0 Å². The fourth-order valence-corrected chi connectivity index (χ4v) is 3.53. The molecular formula is C18H16N2O. The molecule has 0 radical (unpaired) electrons. The van der Waals surface area contributed by atoms with E-state index in [4.69, 9.17) is 10.00 Å². The molecule has 3 atom stereocenters. The Hall–Kier alpha value is -2.31. The molecule has 104 valence electrons. The number of hydrogen-bond donors (Lipinski definition) is 1. The van der Waals surface area contributed by atoms with E-state index in [2.05, 4.69) is 35.7 Å². The zero-order valence-electron chi connectivity index (χ0n) is 11.6. The first-order valence-electron chi connectivity index (χ1n) is 7.34. The standard InChI is InChI=1S/C18H16N2O/c19-11-12-6-7-16-15(10-12)18-14(8-9-21-18)17(20-16)13-4-2-1-3-5-13/h1-7,10,14,17-18,20H,8-9H2/t14-,17-,18-/m1/s1. The van der Waals surface area contributed by atoms with Crippen molar-refractivity contribution in [1.29, 1.82) is 5.26 Å². The van der Waals surface area contributed by atoms with Crippen LogP contribution in [0.4, 0.5) is 5.69 Å². The van der Waals surface area contributed by atoms with Crippen molar-refractivity contribution in [3.05, 3.63) is 65.2 Å². The number of anilines is 1.